The molecule has 31 heavy (non-hydrogen) atoms. The topological polar surface area (TPSA) is 113 Å². The number of carbonyl (C=O) groups excluding carboxylic acids is 2. The summed E-state index contributed by atoms with van der Waals surface area (Å²) in [6.07, 6.45) is 2.03. The number of amides is 2. The molecule has 8 nitrogen and oxygen atoms in total. The summed E-state index contributed by atoms with van der Waals surface area (Å²) in [6, 6.07) is 0. The highest BCUT2D eigenvalue weighted by atomic mass is 32.2. The zero-order valence-corrected chi connectivity index (χ0v) is 22.2. The van der Waals surface area contributed by atoms with E-state index in [1.165, 1.54) is 16.7 Å². The first-order valence-corrected chi connectivity index (χ1v) is 15.7. The summed E-state index contributed by atoms with van der Waals surface area (Å²) in [6.45, 7) is 12.3. The molecule has 2 N–H and O–H groups in total. The van der Waals surface area contributed by atoms with Crippen molar-refractivity contribution >= 4 is 40.9 Å². The molecule has 0 aliphatic carbocycles. The van der Waals surface area contributed by atoms with Crippen molar-refractivity contribution in [3.8, 4) is 0 Å². The van der Waals surface area contributed by atoms with Gasteiger partial charge in [-0.25, -0.2) is 13.1 Å². The lowest BCUT2D eigenvalue weighted by atomic mass is 10.1. The molecule has 1 aliphatic rings. The smallest absolute Gasteiger partial charge is 0.242 e. The number of hydrogen-bond acceptors (Lipinski definition) is 6. The van der Waals surface area contributed by atoms with Crippen LogP contribution in [0.4, 0.5) is 0 Å². The number of nitrogens with zero attached hydrogens (tertiary/aromatic N) is 1. The van der Waals surface area contributed by atoms with Gasteiger partial charge in [0.15, 0.2) is 0 Å². The van der Waals surface area contributed by atoms with Crippen LogP contribution in [0.3, 0.4) is 0 Å². The molecule has 0 saturated carbocycles. The van der Waals surface area contributed by atoms with E-state index in [4.69, 9.17) is 0 Å². The van der Waals surface area contributed by atoms with Gasteiger partial charge in [-0.1, -0.05) is 27.7 Å². The standard InChI is InChI=1S/C20H40N3O5PS2/c1-15(2)8-9-21-29(26,13-10-22-31(27,28)17(5)6)12-7-11-23-19(24)14-18(20(23)25)30-16(3)4/h15-18,22H,7-14H2,1-6H3,(H,21,26). The molecule has 0 radical (unpaired) electrons. The molecule has 1 rings (SSSR count). The number of imide groups is 1. The molecular formula is C20H40N3O5PS2. The Bertz CT molecular complexity index is 756. The molecule has 1 aliphatic heterocycles. The quantitative estimate of drug-likeness (QED) is 0.264. The van der Waals surface area contributed by atoms with Gasteiger partial charge in [-0.3, -0.25) is 19.6 Å². The summed E-state index contributed by atoms with van der Waals surface area (Å²) >= 11 is 1.50. The second-order valence-electron chi connectivity index (χ2n) is 9.03. The fourth-order valence-electron chi connectivity index (χ4n) is 3.17. The predicted molar refractivity (Wildman–Crippen MR) is 129 cm³/mol. The van der Waals surface area contributed by atoms with E-state index in [2.05, 4.69) is 23.7 Å². The Kier molecular flexibility index (Phi) is 11.8. The number of hydrogen-bond donors (Lipinski definition) is 2. The highest BCUT2D eigenvalue weighted by molar-refractivity contribution is 8.01. The van der Waals surface area contributed by atoms with Crippen LogP contribution in [0.15, 0.2) is 0 Å². The minimum absolute atomic E-state index is 0.0984. The number of carbonyl (C=O) groups is 2. The van der Waals surface area contributed by atoms with Gasteiger partial charge < -0.3 is 4.57 Å². The molecule has 0 aromatic heterocycles. The zero-order valence-electron chi connectivity index (χ0n) is 19.7. The van der Waals surface area contributed by atoms with Crippen LogP contribution >= 0.6 is 19.1 Å². The monoisotopic (exact) mass is 497 g/mol. The van der Waals surface area contributed by atoms with E-state index in [9.17, 15) is 22.6 Å². The SMILES string of the molecule is CC(C)CCNP(=O)(CCCN1C(=O)CC(SC(C)C)C1=O)CCNS(=O)(=O)C(C)C. The van der Waals surface area contributed by atoms with Crippen LogP contribution in [0.2, 0.25) is 0 Å². The maximum atomic E-state index is 13.5. The van der Waals surface area contributed by atoms with Crippen molar-refractivity contribution in [3.05, 3.63) is 0 Å². The van der Waals surface area contributed by atoms with Crippen molar-refractivity contribution in [3.63, 3.8) is 0 Å². The Balaban J connectivity index is 2.67. The lowest BCUT2D eigenvalue weighted by Gasteiger charge is -2.22. The molecule has 182 valence electrons. The van der Waals surface area contributed by atoms with Gasteiger partial charge in [-0.15, -0.1) is 11.8 Å². The second-order valence-corrected chi connectivity index (χ2v) is 16.1. The number of likely N-dealkylation sites (tertiary alicyclic amines) is 1. The molecule has 2 unspecified atom stereocenters. The van der Waals surface area contributed by atoms with E-state index >= 15 is 0 Å². The number of thioether (sulfide) groups is 1. The van der Waals surface area contributed by atoms with Gasteiger partial charge in [0, 0.05) is 38.4 Å². The Labute approximate surface area is 192 Å². The highest BCUT2D eigenvalue weighted by Crippen LogP contribution is 2.41. The summed E-state index contributed by atoms with van der Waals surface area (Å²) in [5.41, 5.74) is 0. The molecule has 1 fully saturated rings. The van der Waals surface area contributed by atoms with Crippen LogP contribution in [0, 0.1) is 5.92 Å². The van der Waals surface area contributed by atoms with Gasteiger partial charge in [0.2, 0.25) is 21.8 Å². The first kappa shape index (κ1) is 28.6. The first-order chi connectivity index (χ1) is 14.3. The first-order valence-electron chi connectivity index (χ1n) is 11.1. The Hall–Kier alpha value is -0.410. The van der Waals surface area contributed by atoms with Gasteiger partial charge in [-0.05, 0) is 37.9 Å². The van der Waals surface area contributed by atoms with E-state index in [1.54, 1.807) is 13.8 Å². The third-order valence-corrected chi connectivity index (χ3v) is 10.9. The minimum Gasteiger partial charge on any atom is -0.307 e. The van der Waals surface area contributed by atoms with Gasteiger partial charge >= 0.3 is 0 Å². The highest BCUT2D eigenvalue weighted by Gasteiger charge is 2.39. The van der Waals surface area contributed by atoms with Crippen LogP contribution in [0.5, 0.6) is 0 Å². The van der Waals surface area contributed by atoms with Crippen LogP contribution in [-0.4, -0.2) is 72.8 Å². The van der Waals surface area contributed by atoms with Gasteiger partial charge in [0.05, 0.1) is 10.5 Å². The second kappa shape index (κ2) is 12.7. The van der Waals surface area contributed by atoms with Gasteiger partial charge in [-0.2, -0.15) is 0 Å². The average Bonchev–Trinajstić information content (AvgIpc) is 2.87. The van der Waals surface area contributed by atoms with Crippen molar-refractivity contribution in [1.29, 1.82) is 0 Å². The summed E-state index contributed by atoms with van der Waals surface area (Å²) in [5, 5.41) is 2.54. The Morgan fingerprint density at radius 1 is 1.10 bits per heavy atom. The van der Waals surface area contributed by atoms with Crippen molar-refractivity contribution in [2.45, 2.75) is 76.6 Å². The Morgan fingerprint density at radius 3 is 2.29 bits per heavy atom. The van der Waals surface area contributed by atoms with Gasteiger partial charge in [0.25, 0.3) is 0 Å². The summed E-state index contributed by atoms with van der Waals surface area (Å²) in [5.74, 6) is 0.127. The minimum atomic E-state index is -3.42. The molecule has 0 aromatic rings. The van der Waals surface area contributed by atoms with Crippen LogP contribution < -0.4 is 9.81 Å². The fraction of sp³-hybridized carbons (Fsp3) is 0.900. The molecular weight excluding hydrogens is 457 g/mol. The molecule has 0 aromatic carbocycles. The molecule has 0 bridgehead atoms. The zero-order chi connectivity index (χ0) is 23.8. The predicted octanol–water partition coefficient (Wildman–Crippen LogP) is 2.89. The van der Waals surface area contributed by atoms with Crippen molar-refractivity contribution < 1.29 is 22.6 Å². The summed E-state index contributed by atoms with van der Waals surface area (Å²) in [7, 11) is -6.28. The van der Waals surface area contributed by atoms with Crippen molar-refractivity contribution in [1.82, 2.24) is 14.7 Å². The lowest BCUT2D eigenvalue weighted by molar-refractivity contribution is -0.138. The molecule has 1 heterocycles. The number of sulfonamides is 1. The normalized spacial score (nSPS) is 19.8. The van der Waals surface area contributed by atoms with Crippen LogP contribution in [0.1, 0.15) is 60.8 Å². The van der Waals surface area contributed by atoms with Crippen LogP contribution in [-0.2, 0) is 24.2 Å². The third-order valence-electron chi connectivity index (χ3n) is 5.06. The maximum Gasteiger partial charge on any atom is 0.242 e. The third kappa shape index (κ3) is 9.95. The van der Waals surface area contributed by atoms with E-state index in [1.807, 2.05) is 13.8 Å². The van der Waals surface area contributed by atoms with E-state index in [0.29, 0.717) is 25.0 Å². The van der Waals surface area contributed by atoms with Crippen LogP contribution in [0.25, 0.3) is 0 Å². The van der Waals surface area contributed by atoms with E-state index in [0.717, 1.165) is 6.42 Å². The summed E-state index contributed by atoms with van der Waals surface area (Å²) < 4.78 is 39.9. The lowest BCUT2D eigenvalue weighted by Crippen LogP contribution is -2.35. The fourth-order valence-corrected chi connectivity index (χ4v) is 7.38. The largest absolute Gasteiger partial charge is 0.307 e. The molecule has 2 amide bonds. The van der Waals surface area contributed by atoms with Gasteiger partial charge in [0.1, 0.15) is 7.29 Å². The Morgan fingerprint density at radius 2 is 1.74 bits per heavy atom. The van der Waals surface area contributed by atoms with E-state index in [-0.39, 0.29) is 48.0 Å². The maximum absolute atomic E-state index is 13.5. The molecule has 11 heteroatoms. The van der Waals surface area contributed by atoms with Crippen molar-refractivity contribution in [2.75, 3.05) is 32.0 Å². The molecule has 0 spiro atoms. The van der Waals surface area contributed by atoms with E-state index < -0.39 is 22.6 Å². The average molecular weight is 498 g/mol. The van der Waals surface area contributed by atoms with Crippen molar-refractivity contribution in [2.24, 2.45) is 5.92 Å². The molecule has 1 saturated heterocycles. The molecule has 2 atom stereocenters. The number of rotatable bonds is 15. The summed E-state index contributed by atoms with van der Waals surface area (Å²) in [4.78, 5) is 26.1. The number of nitrogens with one attached hydrogen (secondary N) is 2.